The molecule has 2 aromatic rings. The summed E-state index contributed by atoms with van der Waals surface area (Å²) in [7, 11) is 3.67. The Labute approximate surface area is 153 Å². The number of benzene rings is 1. The lowest BCUT2D eigenvalue weighted by atomic mass is 9.33. The average molecular weight is 352 g/mol. The molecule has 0 atom stereocenters. The van der Waals surface area contributed by atoms with E-state index in [4.69, 9.17) is 5.73 Å². The van der Waals surface area contributed by atoms with E-state index in [-0.39, 0.29) is 22.5 Å². The van der Waals surface area contributed by atoms with Gasteiger partial charge in [-0.3, -0.25) is 4.79 Å². The van der Waals surface area contributed by atoms with Crippen molar-refractivity contribution in [1.82, 2.24) is 15.1 Å². The molecule has 6 nitrogen and oxygen atoms in total. The number of hydrogen-bond donors (Lipinski definition) is 2. The lowest BCUT2D eigenvalue weighted by molar-refractivity contribution is -0.216. The van der Waals surface area contributed by atoms with Crippen molar-refractivity contribution in [3.63, 3.8) is 0 Å². The summed E-state index contributed by atoms with van der Waals surface area (Å²) in [5.74, 6) is 0.891. The maximum atomic E-state index is 12.3. The van der Waals surface area contributed by atoms with E-state index in [1.54, 1.807) is 17.0 Å². The Morgan fingerprint density at radius 1 is 1.23 bits per heavy atom. The summed E-state index contributed by atoms with van der Waals surface area (Å²) in [6.07, 6.45) is 4.78. The minimum absolute atomic E-state index is 0.0907. The lowest BCUT2D eigenvalue weighted by Crippen LogP contribution is -2.67. The number of phenolic OH excluding ortho intramolecular Hbond substituents is 1. The molecule has 1 amide bonds. The van der Waals surface area contributed by atoms with E-state index < -0.39 is 0 Å². The zero-order valence-electron chi connectivity index (χ0n) is 15.2. The number of nitrogens with two attached hydrogens (primary N) is 1. The molecule has 3 aliphatic rings. The minimum Gasteiger partial charge on any atom is -0.507 e. The predicted molar refractivity (Wildman–Crippen MR) is 99.3 cm³/mol. The van der Waals surface area contributed by atoms with Crippen LogP contribution in [0.2, 0.25) is 0 Å². The van der Waals surface area contributed by atoms with Gasteiger partial charge >= 0.3 is 0 Å². The second-order valence-electron chi connectivity index (χ2n) is 8.17. The third kappa shape index (κ3) is 2.52. The predicted octanol–water partition coefficient (Wildman–Crippen LogP) is 2.62. The molecule has 2 bridgehead atoms. The largest absolute Gasteiger partial charge is 0.507 e. The molecule has 3 fully saturated rings. The third-order valence-electron chi connectivity index (χ3n) is 6.01. The van der Waals surface area contributed by atoms with Gasteiger partial charge in [-0.2, -0.15) is 0 Å². The van der Waals surface area contributed by atoms with Crippen LogP contribution in [0.1, 0.15) is 31.2 Å². The molecule has 3 saturated carbocycles. The summed E-state index contributed by atoms with van der Waals surface area (Å²) >= 11 is 0. The van der Waals surface area contributed by atoms with Crippen molar-refractivity contribution in [2.45, 2.75) is 32.1 Å². The fraction of sp³-hybridized carbons (Fsp3) is 0.450. The van der Waals surface area contributed by atoms with Crippen molar-refractivity contribution < 1.29 is 9.90 Å². The van der Waals surface area contributed by atoms with Gasteiger partial charge in [0.25, 0.3) is 0 Å². The molecular formula is C20H24N4O2. The number of anilines is 1. The zero-order chi connectivity index (χ0) is 18.5. The number of para-hydroxylation sites is 1. The Bertz CT molecular complexity index is 858. The lowest BCUT2D eigenvalue weighted by Gasteiger charge is -2.70. The molecule has 1 aromatic heterocycles. The Morgan fingerprint density at radius 3 is 2.58 bits per heavy atom. The molecule has 3 aliphatic carbocycles. The molecule has 136 valence electrons. The number of carbonyl (C=O) groups excluding carboxylic acids is 1. The Kier molecular flexibility index (Phi) is 3.68. The molecule has 0 spiro atoms. The minimum atomic E-state index is -0.0907. The summed E-state index contributed by atoms with van der Waals surface area (Å²) in [5.41, 5.74) is 8.46. The Balaban J connectivity index is 1.45. The third-order valence-corrected chi connectivity index (χ3v) is 6.01. The van der Waals surface area contributed by atoms with E-state index in [2.05, 4.69) is 10.2 Å². The Morgan fingerprint density at radius 2 is 1.92 bits per heavy atom. The number of nitrogen functional groups attached to an aromatic ring is 1. The molecule has 5 rings (SSSR count). The highest BCUT2D eigenvalue weighted by atomic mass is 16.3. The molecule has 3 N–H and O–H groups in total. The van der Waals surface area contributed by atoms with Crippen molar-refractivity contribution in [2.24, 2.45) is 10.8 Å². The van der Waals surface area contributed by atoms with Crippen molar-refractivity contribution >= 4 is 11.7 Å². The van der Waals surface area contributed by atoms with Gasteiger partial charge in [-0.25, -0.2) is 0 Å². The first kappa shape index (κ1) is 16.8. The highest BCUT2D eigenvalue weighted by molar-refractivity contribution is 5.86. The van der Waals surface area contributed by atoms with E-state index in [1.165, 1.54) is 0 Å². The summed E-state index contributed by atoms with van der Waals surface area (Å²) < 4.78 is 0. The van der Waals surface area contributed by atoms with Gasteiger partial charge in [-0.15, -0.1) is 10.2 Å². The summed E-state index contributed by atoms with van der Waals surface area (Å²) in [4.78, 5) is 14.0. The molecule has 1 aromatic carbocycles. The monoisotopic (exact) mass is 352 g/mol. The first-order valence-electron chi connectivity index (χ1n) is 8.96. The smallest absolute Gasteiger partial charge is 0.228 e. The van der Waals surface area contributed by atoms with Crippen LogP contribution in [0.25, 0.3) is 11.3 Å². The number of phenols is 1. The molecule has 1 heterocycles. The number of aromatic nitrogens is 2. The van der Waals surface area contributed by atoms with E-state index in [0.717, 1.165) is 37.7 Å². The molecule has 0 radical (unpaired) electrons. The first-order valence-corrected chi connectivity index (χ1v) is 8.96. The van der Waals surface area contributed by atoms with Gasteiger partial charge in [-0.1, -0.05) is 12.1 Å². The second kappa shape index (κ2) is 5.69. The number of aromatic hydroxyl groups is 1. The van der Waals surface area contributed by atoms with E-state index in [1.807, 2.05) is 32.3 Å². The molecule has 0 aliphatic heterocycles. The fourth-order valence-corrected chi connectivity index (χ4v) is 4.83. The maximum Gasteiger partial charge on any atom is 0.228 e. The van der Waals surface area contributed by atoms with Crippen LogP contribution in [0.3, 0.4) is 0 Å². The van der Waals surface area contributed by atoms with E-state index >= 15 is 0 Å². The van der Waals surface area contributed by atoms with Gasteiger partial charge in [0.15, 0.2) is 0 Å². The first-order chi connectivity index (χ1) is 12.3. The van der Waals surface area contributed by atoms with Crippen LogP contribution < -0.4 is 5.73 Å². The molecule has 6 heteroatoms. The highest BCUT2D eigenvalue weighted by Crippen LogP contribution is 2.75. The quantitative estimate of drug-likeness (QED) is 0.863. The van der Waals surface area contributed by atoms with Crippen molar-refractivity contribution in [2.75, 3.05) is 19.8 Å². The molecule has 0 saturated heterocycles. The molecular weight excluding hydrogens is 328 g/mol. The van der Waals surface area contributed by atoms with Crippen LogP contribution in [-0.4, -0.2) is 40.2 Å². The van der Waals surface area contributed by atoms with Crippen LogP contribution in [0.5, 0.6) is 5.75 Å². The number of rotatable bonds is 5. The van der Waals surface area contributed by atoms with Gasteiger partial charge in [-0.05, 0) is 61.3 Å². The van der Waals surface area contributed by atoms with Crippen molar-refractivity contribution in [3.05, 3.63) is 35.9 Å². The number of amides is 1. The summed E-state index contributed by atoms with van der Waals surface area (Å²) in [6, 6.07) is 9.00. The van der Waals surface area contributed by atoms with Gasteiger partial charge in [0.1, 0.15) is 11.6 Å². The SMILES string of the molecule is CN(C)C(=O)C12CC(CCc3cc(-c4ccccc4O)nnc3N)(C1)C2. The van der Waals surface area contributed by atoms with Gasteiger partial charge in [0.05, 0.1) is 11.1 Å². The van der Waals surface area contributed by atoms with Crippen LogP contribution in [0.4, 0.5) is 5.82 Å². The second-order valence-corrected chi connectivity index (χ2v) is 8.17. The number of carbonyl (C=O) groups is 1. The zero-order valence-corrected chi connectivity index (χ0v) is 15.2. The van der Waals surface area contributed by atoms with Crippen LogP contribution in [0, 0.1) is 10.8 Å². The number of nitrogens with zero attached hydrogens (tertiary/aromatic N) is 3. The summed E-state index contributed by atoms with van der Waals surface area (Å²) in [5, 5.41) is 18.2. The van der Waals surface area contributed by atoms with Crippen LogP contribution in [0.15, 0.2) is 30.3 Å². The summed E-state index contributed by atoms with van der Waals surface area (Å²) in [6.45, 7) is 0. The van der Waals surface area contributed by atoms with Crippen molar-refractivity contribution in [1.29, 1.82) is 0 Å². The maximum absolute atomic E-state index is 12.3. The highest BCUT2D eigenvalue weighted by Gasteiger charge is 2.70. The van der Waals surface area contributed by atoms with Gasteiger partial charge < -0.3 is 15.7 Å². The standard InChI is InChI=1S/C20H24N4O2/c1-24(2)18(26)20-10-19(11-20,12-20)8-7-13-9-15(22-23-17(13)21)14-5-3-4-6-16(14)25/h3-6,9,25H,7-8,10-12H2,1-2H3,(H2,21,23). The fourth-order valence-electron chi connectivity index (χ4n) is 4.83. The van der Waals surface area contributed by atoms with Crippen LogP contribution >= 0.6 is 0 Å². The molecule has 26 heavy (non-hydrogen) atoms. The topological polar surface area (TPSA) is 92.3 Å². The molecule has 0 unspecified atom stereocenters. The normalized spacial score (nSPS) is 25.9. The van der Waals surface area contributed by atoms with Crippen LogP contribution in [-0.2, 0) is 11.2 Å². The number of aryl methyl sites for hydroxylation is 1. The van der Waals surface area contributed by atoms with Crippen molar-refractivity contribution in [3.8, 4) is 17.0 Å². The van der Waals surface area contributed by atoms with E-state index in [0.29, 0.717) is 17.1 Å². The van der Waals surface area contributed by atoms with Gasteiger partial charge in [0, 0.05) is 19.7 Å². The van der Waals surface area contributed by atoms with E-state index in [9.17, 15) is 9.90 Å². The number of hydrogen-bond acceptors (Lipinski definition) is 5. The van der Waals surface area contributed by atoms with Gasteiger partial charge in [0.2, 0.25) is 5.91 Å². The Hall–Kier alpha value is -2.63. The average Bonchev–Trinajstić information content (AvgIpc) is 2.54.